The van der Waals surface area contributed by atoms with Gasteiger partial charge in [-0.3, -0.25) is 8.42 Å². The number of fused-ring (bicyclic) bond motifs is 1. The van der Waals surface area contributed by atoms with Gasteiger partial charge in [0.05, 0.1) is 35.3 Å². The number of hydrogen-bond donors (Lipinski definition) is 0. The van der Waals surface area contributed by atoms with Crippen molar-refractivity contribution in [3.05, 3.63) is 180 Å². The monoisotopic (exact) mass is 814 g/mol. The first-order valence-corrected chi connectivity index (χ1v) is 19.5. The lowest BCUT2D eigenvalue weighted by atomic mass is 9.54. The van der Waals surface area contributed by atoms with E-state index in [9.17, 15) is 26.3 Å². The Morgan fingerprint density at radius 1 is 0.518 bits per heavy atom. The van der Waals surface area contributed by atoms with Crippen LogP contribution in [-0.4, -0.2) is 37.7 Å². The summed E-state index contributed by atoms with van der Waals surface area (Å²) in [5, 5.41) is 0. The van der Waals surface area contributed by atoms with E-state index in [1.54, 1.807) is 0 Å². The Kier molecular flexibility index (Phi) is 12.7. The number of rotatable bonds is 8. The highest BCUT2D eigenvalue weighted by Gasteiger charge is 2.51. The van der Waals surface area contributed by atoms with Gasteiger partial charge in [-0.2, -0.15) is 26.3 Å². The molecule has 294 valence electrons. The molecule has 0 saturated heterocycles. The zero-order valence-electron chi connectivity index (χ0n) is 29.5. The van der Waals surface area contributed by atoms with E-state index in [4.69, 9.17) is 17.5 Å². The molecule has 3 aliphatic rings. The van der Waals surface area contributed by atoms with Crippen LogP contribution in [0.5, 0.6) is 0 Å². The highest BCUT2D eigenvalue weighted by Crippen LogP contribution is 2.59. The third-order valence-electron chi connectivity index (χ3n) is 9.87. The molecule has 0 saturated carbocycles. The first-order chi connectivity index (χ1) is 26.7. The smallest absolute Gasteiger partial charge is 0.458 e. The van der Waals surface area contributed by atoms with Crippen LogP contribution in [0.1, 0.15) is 45.2 Å². The zero-order valence-corrected chi connectivity index (χ0v) is 31.1. The Labute approximate surface area is 324 Å². The van der Waals surface area contributed by atoms with Crippen molar-refractivity contribution in [2.75, 3.05) is 0 Å². The van der Waals surface area contributed by atoms with Crippen molar-refractivity contribution in [1.29, 1.82) is 0 Å². The van der Waals surface area contributed by atoms with E-state index in [1.807, 2.05) is 0 Å². The fraction of sp³-hybridized carbons (Fsp3) is 0.250. The van der Waals surface area contributed by atoms with Crippen LogP contribution in [0, 0.1) is 11.8 Å². The summed E-state index contributed by atoms with van der Waals surface area (Å²) in [6.07, 6.45) is 13.6. The van der Waals surface area contributed by atoms with Gasteiger partial charge < -0.3 is 9.11 Å². The van der Waals surface area contributed by atoms with E-state index in [0.29, 0.717) is 23.7 Å². The second kappa shape index (κ2) is 17.5. The first kappa shape index (κ1) is 40.8. The topological polar surface area (TPSA) is 97.9 Å². The molecule has 0 radical (unpaired) electrons. The van der Waals surface area contributed by atoms with E-state index in [0.717, 1.165) is 26.2 Å². The fourth-order valence-electron chi connectivity index (χ4n) is 7.74. The summed E-state index contributed by atoms with van der Waals surface area (Å²) in [4.78, 5) is 0. The number of imidazole rings is 2. The van der Waals surface area contributed by atoms with Crippen molar-refractivity contribution in [1.82, 2.24) is 9.13 Å². The van der Waals surface area contributed by atoms with E-state index >= 15 is 0 Å². The summed E-state index contributed by atoms with van der Waals surface area (Å²) < 4.78 is 108. The molecule has 4 atom stereocenters. The minimum absolute atomic E-state index is 0.393. The molecule has 0 fully saturated rings. The Hall–Kier alpha value is -4.90. The van der Waals surface area contributed by atoms with Crippen molar-refractivity contribution >= 4 is 22.2 Å². The minimum Gasteiger partial charge on any atom is -0.766 e. The fourth-order valence-corrected chi connectivity index (χ4v) is 7.74. The third kappa shape index (κ3) is 9.90. The van der Waals surface area contributed by atoms with Crippen molar-refractivity contribution in [3.8, 4) is 0 Å². The minimum atomic E-state index is -5.08. The van der Waals surface area contributed by atoms with Gasteiger partial charge in [-0.05, 0) is 33.4 Å². The molecule has 56 heavy (non-hydrogen) atoms. The molecule has 9 rings (SSSR count). The van der Waals surface area contributed by atoms with Crippen molar-refractivity contribution in [3.63, 3.8) is 0 Å². The maximum absolute atomic E-state index is 10.6. The molecule has 3 aliphatic carbocycles. The molecular formula is C40H36F6N4O4S2. The number of nitrogens with zero attached hydrogens (tertiary/aromatic N) is 4. The zero-order chi connectivity index (χ0) is 40.0. The van der Waals surface area contributed by atoms with Crippen LogP contribution in [0.2, 0.25) is 0 Å². The van der Waals surface area contributed by atoms with Crippen LogP contribution in [-0.2, 0) is 48.3 Å². The second-order valence-corrected chi connectivity index (χ2v) is 15.3. The number of halogens is 6. The van der Waals surface area contributed by atoms with Gasteiger partial charge in [0.15, 0.2) is 0 Å². The Bertz CT molecular complexity index is 2060. The van der Waals surface area contributed by atoms with E-state index in [-0.39, 0.29) is 0 Å². The summed E-state index contributed by atoms with van der Waals surface area (Å²) in [6.45, 7) is 3.79. The van der Waals surface area contributed by atoms with Crippen LogP contribution in [0.4, 0.5) is 26.3 Å². The van der Waals surface area contributed by atoms with Gasteiger partial charge in [-0.15, -0.1) is 0 Å². The number of aromatic nitrogens is 4. The molecule has 8 nitrogen and oxygen atoms in total. The van der Waals surface area contributed by atoms with Gasteiger partial charge in [0.1, 0.15) is 37.9 Å². The molecule has 0 amide bonds. The van der Waals surface area contributed by atoms with Gasteiger partial charge >= 0.3 is 11.0 Å². The van der Waals surface area contributed by atoms with Crippen molar-refractivity contribution in [2.24, 2.45) is 11.8 Å². The summed E-state index contributed by atoms with van der Waals surface area (Å²) >= 11 is -7.87. The predicted octanol–water partition coefficient (Wildman–Crippen LogP) is 6.96. The SMILES string of the molecule is O=S([O-])C(F)(F)F.O=S([O-])C(F)(F)F.c1ccc(C[n+]2ccn(CC3C4c5ccccc5C(c5ccccc54)C3Cn3cc[n+](Cc4ccccc4)c3)c2)cc1. The molecule has 4 unspecified atom stereocenters. The molecule has 16 heteroatoms. The summed E-state index contributed by atoms with van der Waals surface area (Å²) in [5.74, 6) is 1.76. The van der Waals surface area contributed by atoms with Crippen LogP contribution < -0.4 is 9.13 Å². The Morgan fingerprint density at radius 3 is 1.09 bits per heavy atom. The maximum atomic E-state index is 10.6. The first-order valence-electron chi connectivity index (χ1n) is 17.4. The predicted molar refractivity (Wildman–Crippen MR) is 194 cm³/mol. The molecule has 0 spiro atoms. The Balaban J connectivity index is 0.000000326. The van der Waals surface area contributed by atoms with Gasteiger partial charge in [0.25, 0.3) is 0 Å². The molecular weight excluding hydrogens is 779 g/mol. The molecule has 2 heterocycles. The van der Waals surface area contributed by atoms with Gasteiger partial charge in [0.2, 0.25) is 12.7 Å². The van der Waals surface area contributed by atoms with Crippen LogP contribution in [0.3, 0.4) is 0 Å². The summed E-state index contributed by atoms with van der Waals surface area (Å²) in [6, 6.07) is 40.0. The van der Waals surface area contributed by atoms with E-state index in [1.165, 1.54) is 33.4 Å². The van der Waals surface area contributed by atoms with Crippen molar-refractivity contribution in [2.45, 2.75) is 49.0 Å². The number of hydrogen-bond acceptors (Lipinski definition) is 4. The average molecular weight is 815 g/mol. The van der Waals surface area contributed by atoms with E-state index < -0.39 is 33.2 Å². The molecule has 4 aromatic carbocycles. The van der Waals surface area contributed by atoms with Crippen LogP contribution in [0.15, 0.2) is 147 Å². The lowest BCUT2D eigenvalue weighted by molar-refractivity contribution is -0.688. The quantitative estimate of drug-likeness (QED) is 0.0944. The molecule has 0 N–H and O–H groups in total. The van der Waals surface area contributed by atoms with Crippen molar-refractivity contribution < 1.29 is 53.0 Å². The van der Waals surface area contributed by atoms with Crippen LogP contribution in [0.25, 0.3) is 0 Å². The third-order valence-corrected chi connectivity index (χ3v) is 10.6. The second-order valence-electron chi connectivity index (χ2n) is 13.4. The average Bonchev–Trinajstić information content (AvgIpc) is 3.81. The molecule has 2 aromatic heterocycles. The summed E-state index contributed by atoms with van der Waals surface area (Å²) in [7, 11) is 0. The largest absolute Gasteiger partial charge is 0.766 e. The molecule has 2 bridgehead atoms. The number of alkyl halides is 6. The Morgan fingerprint density at radius 2 is 0.804 bits per heavy atom. The number of benzene rings is 4. The van der Waals surface area contributed by atoms with Gasteiger partial charge in [0, 0.05) is 23.7 Å². The van der Waals surface area contributed by atoms with Gasteiger partial charge in [-0.25, -0.2) is 18.3 Å². The van der Waals surface area contributed by atoms with Gasteiger partial charge in [-0.1, -0.05) is 109 Å². The maximum Gasteiger partial charge on any atom is 0.458 e. The van der Waals surface area contributed by atoms with E-state index in [2.05, 4.69) is 165 Å². The highest BCUT2D eigenvalue weighted by molar-refractivity contribution is 7.80. The molecule has 0 aliphatic heterocycles. The summed E-state index contributed by atoms with van der Waals surface area (Å²) in [5.41, 5.74) is -1.41. The lowest BCUT2D eigenvalue weighted by Crippen LogP contribution is -2.43. The standard InChI is InChI=1S/C38H36N4.2CHF3O2S/c1-3-11-29(12-4-1)23-39-19-21-41(27-39)25-35-36(26-42-22-20-40(28-42)24-30-13-5-2-6-14-30)38-33-17-9-7-15-31(33)37(35)32-16-8-10-18-34(32)38;2*2-1(3,4)7(5)6/h1-22,27-28,35-38H,23-26H2;2*(H,5,6)/q+2;;/p-2. The highest BCUT2D eigenvalue weighted by atomic mass is 32.2. The lowest BCUT2D eigenvalue weighted by Gasteiger charge is -2.49. The normalized spacial score (nSPS) is 19.4. The van der Waals surface area contributed by atoms with Crippen LogP contribution >= 0.6 is 0 Å². The molecule has 6 aromatic rings.